The first-order valence-electron chi connectivity index (χ1n) is 7.89. The van der Waals surface area contributed by atoms with Crippen LogP contribution < -0.4 is 14.8 Å². The second-order valence-electron chi connectivity index (χ2n) is 5.26. The fraction of sp³-hybridized carbons (Fsp3) is 0.529. The first-order valence-corrected chi connectivity index (χ1v) is 8.27. The highest BCUT2D eigenvalue weighted by molar-refractivity contribution is 6.32. The summed E-state index contributed by atoms with van der Waals surface area (Å²) in [7, 11) is 1.45. The molecule has 0 unspecified atom stereocenters. The Hall–Kier alpha value is -1.95. The largest absolute Gasteiger partial charge is 0.493 e. The van der Waals surface area contributed by atoms with Crippen LogP contribution in [0.2, 0.25) is 5.02 Å². The van der Waals surface area contributed by atoms with Gasteiger partial charge in [0.05, 0.1) is 24.3 Å². The van der Waals surface area contributed by atoms with E-state index in [1.165, 1.54) is 19.2 Å². The number of nitrogens with one attached hydrogen (secondary N) is 1. The third kappa shape index (κ3) is 5.92. The summed E-state index contributed by atoms with van der Waals surface area (Å²) in [6, 6.07) is 2.94. The van der Waals surface area contributed by atoms with Gasteiger partial charge in [0.1, 0.15) is 0 Å². The van der Waals surface area contributed by atoms with Gasteiger partial charge in [-0.05, 0) is 32.4 Å². The van der Waals surface area contributed by atoms with Crippen LogP contribution in [0.5, 0.6) is 11.5 Å². The second kappa shape index (κ2) is 10.0. The fourth-order valence-corrected chi connectivity index (χ4v) is 2.42. The van der Waals surface area contributed by atoms with Crippen molar-refractivity contribution >= 4 is 23.5 Å². The predicted molar refractivity (Wildman–Crippen MR) is 92.0 cm³/mol. The van der Waals surface area contributed by atoms with E-state index in [2.05, 4.69) is 5.32 Å². The van der Waals surface area contributed by atoms with Gasteiger partial charge in [0.25, 0.3) is 5.91 Å². The number of amides is 1. The minimum atomic E-state index is -0.656. The Morgan fingerprint density at radius 1 is 1.29 bits per heavy atom. The Morgan fingerprint density at radius 2 is 2.00 bits per heavy atom. The van der Waals surface area contributed by atoms with E-state index in [1.807, 2.05) is 20.8 Å². The van der Waals surface area contributed by atoms with E-state index in [1.54, 1.807) is 0 Å². The Balaban J connectivity index is 2.71. The maximum absolute atomic E-state index is 12.1. The molecular weight excluding hydrogens is 334 g/mol. The summed E-state index contributed by atoms with van der Waals surface area (Å²) < 4.78 is 15.6. The minimum absolute atomic E-state index is 0.0428. The molecule has 0 saturated heterocycles. The zero-order chi connectivity index (χ0) is 18.1. The molecule has 0 aromatic heterocycles. The number of benzene rings is 1. The van der Waals surface area contributed by atoms with Crippen molar-refractivity contribution in [1.29, 1.82) is 0 Å². The van der Waals surface area contributed by atoms with Gasteiger partial charge in [-0.3, -0.25) is 4.79 Å². The summed E-state index contributed by atoms with van der Waals surface area (Å²) in [6.07, 6.45) is 1.83. The lowest BCUT2D eigenvalue weighted by Gasteiger charge is -2.14. The quantitative estimate of drug-likeness (QED) is 0.687. The van der Waals surface area contributed by atoms with Crippen LogP contribution >= 0.6 is 11.6 Å². The molecule has 134 valence electrons. The zero-order valence-corrected chi connectivity index (χ0v) is 15.2. The van der Waals surface area contributed by atoms with Gasteiger partial charge in [-0.15, -0.1) is 0 Å². The van der Waals surface area contributed by atoms with Crippen LogP contribution in [-0.4, -0.2) is 38.2 Å². The highest BCUT2D eigenvalue weighted by Gasteiger charge is 2.18. The number of halogens is 1. The maximum Gasteiger partial charge on any atom is 0.338 e. The average Bonchev–Trinajstić information content (AvgIpc) is 2.54. The topological polar surface area (TPSA) is 73.9 Å². The Labute approximate surface area is 147 Å². The summed E-state index contributed by atoms with van der Waals surface area (Å²) in [6.45, 7) is 5.82. The smallest absolute Gasteiger partial charge is 0.338 e. The number of ether oxygens (including phenoxy) is 3. The van der Waals surface area contributed by atoms with Crippen LogP contribution in [0.4, 0.5) is 0 Å². The monoisotopic (exact) mass is 357 g/mol. The number of hydrogen-bond donors (Lipinski definition) is 1. The first-order chi connectivity index (χ1) is 11.4. The molecule has 0 aliphatic rings. The molecule has 24 heavy (non-hydrogen) atoms. The number of rotatable bonds is 9. The molecule has 0 radical (unpaired) electrons. The third-order valence-electron chi connectivity index (χ3n) is 3.22. The molecule has 1 N–H and O–H groups in total. The van der Waals surface area contributed by atoms with Crippen molar-refractivity contribution < 1.29 is 23.8 Å². The van der Waals surface area contributed by atoms with Gasteiger partial charge >= 0.3 is 5.97 Å². The summed E-state index contributed by atoms with van der Waals surface area (Å²) in [5, 5.41) is 3.00. The molecule has 6 nitrogen and oxygen atoms in total. The van der Waals surface area contributed by atoms with Crippen LogP contribution in [0.1, 0.15) is 44.0 Å². The van der Waals surface area contributed by atoms with Crippen molar-refractivity contribution in [3.8, 4) is 11.5 Å². The van der Waals surface area contributed by atoms with Gasteiger partial charge in [0.15, 0.2) is 18.1 Å². The summed E-state index contributed by atoms with van der Waals surface area (Å²) in [4.78, 5) is 23.8. The van der Waals surface area contributed by atoms with E-state index in [9.17, 15) is 9.59 Å². The highest BCUT2D eigenvalue weighted by Crippen LogP contribution is 2.36. The summed E-state index contributed by atoms with van der Waals surface area (Å²) in [5.74, 6) is -0.300. The van der Waals surface area contributed by atoms with E-state index in [4.69, 9.17) is 25.8 Å². The van der Waals surface area contributed by atoms with Crippen LogP contribution in [0, 0.1) is 0 Å². The molecule has 0 heterocycles. The summed E-state index contributed by atoms with van der Waals surface area (Å²) >= 11 is 6.11. The number of carbonyl (C=O) groups excluding carboxylic acids is 2. The van der Waals surface area contributed by atoms with Crippen LogP contribution in [-0.2, 0) is 9.53 Å². The molecule has 1 amide bonds. The van der Waals surface area contributed by atoms with Crippen molar-refractivity contribution in [2.75, 3.05) is 20.3 Å². The lowest BCUT2D eigenvalue weighted by atomic mass is 10.2. The lowest BCUT2D eigenvalue weighted by molar-refractivity contribution is -0.124. The third-order valence-corrected chi connectivity index (χ3v) is 3.50. The van der Waals surface area contributed by atoms with Gasteiger partial charge in [0, 0.05) is 6.04 Å². The molecular formula is C17H24ClNO5. The van der Waals surface area contributed by atoms with Crippen molar-refractivity contribution in [2.24, 2.45) is 0 Å². The molecule has 1 aromatic carbocycles. The Kier molecular flexibility index (Phi) is 8.40. The average molecular weight is 358 g/mol. The van der Waals surface area contributed by atoms with Crippen LogP contribution in [0.3, 0.4) is 0 Å². The molecule has 0 bridgehead atoms. The molecule has 1 aromatic rings. The van der Waals surface area contributed by atoms with Crippen molar-refractivity contribution in [3.05, 3.63) is 22.7 Å². The van der Waals surface area contributed by atoms with Crippen LogP contribution in [0.25, 0.3) is 0 Å². The van der Waals surface area contributed by atoms with Gasteiger partial charge in [0.2, 0.25) is 0 Å². The van der Waals surface area contributed by atoms with Gasteiger partial charge in [-0.1, -0.05) is 24.9 Å². The fourth-order valence-electron chi connectivity index (χ4n) is 2.16. The molecule has 1 rings (SSSR count). The second-order valence-corrected chi connectivity index (χ2v) is 5.66. The molecule has 1 atom stereocenters. The highest BCUT2D eigenvalue weighted by atomic mass is 35.5. The van der Waals surface area contributed by atoms with Crippen molar-refractivity contribution in [1.82, 2.24) is 5.32 Å². The van der Waals surface area contributed by atoms with Gasteiger partial charge in [-0.25, -0.2) is 4.79 Å². The van der Waals surface area contributed by atoms with E-state index in [0.717, 1.165) is 12.8 Å². The Morgan fingerprint density at radius 3 is 2.58 bits per heavy atom. The van der Waals surface area contributed by atoms with E-state index in [-0.39, 0.29) is 29.1 Å². The van der Waals surface area contributed by atoms with E-state index >= 15 is 0 Å². The molecule has 0 spiro atoms. The predicted octanol–water partition coefficient (Wildman–Crippen LogP) is 3.21. The number of hydrogen-bond acceptors (Lipinski definition) is 5. The van der Waals surface area contributed by atoms with E-state index < -0.39 is 5.97 Å². The maximum atomic E-state index is 12.1. The molecule has 0 aliphatic carbocycles. The standard InChI is InChI=1S/C17H24ClNO5/c1-5-7-11(3)19-15(20)10-24-17(21)12-8-13(18)16(23-6-2)14(9-12)22-4/h8-9,11H,5-7,10H2,1-4H3,(H,19,20)/t11-/m0/s1. The Bertz CT molecular complexity index is 576. The molecule has 0 aliphatic heterocycles. The number of carbonyl (C=O) groups is 2. The van der Waals surface area contributed by atoms with Gasteiger partial charge in [-0.2, -0.15) is 0 Å². The van der Waals surface area contributed by atoms with Crippen molar-refractivity contribution in [3.63, 3.8) is 0 Å². The number of esters is 1. The van der Waals surface area contributed by atoms with Gasteiger partial charge < -0.3 is 19.5 Å². The van der Waals surface area contributed by atoms with Crippen molar-refractivity contribution in [2.45, 2.75) is 39.7 Å². The van der Waals surface area contributed by atoms with Crippen LogP contribution in [0.15, 0.2) is 12.1 Å². The zero-order valence-electron chi connectivity index (χ0n) is 14.5. The molecule has 7 heteroatoms. The normalized spacial score (nSPS) is 11.5. The van der Waals surface area contributed by atoms with E-state index in [0.29, 0.717) is 18.1 Å². The number of methoxy groups -OCH3 is 1. The first kappa shape index (κ1) is 20.1. The molecule has 0 fully saturated rings. The minimum Gasteiger partial charge on any atom is -0.493 e. The lowest BCUT2D eigenvalue weighted by Crippen LogP contribution is -2.35. The SMILES string of the molecule is CCC[C@H](C)NC(=O)COC(=O)c1cc(Cl)c(OCC)c(OC)c1. The molecule has 0 saturated carbocycles. The summed E-state index contributed by atoms with van der Waals surface area (Å²) in [5.41, 5.74) is 0.190.